The molecule has 4 aromatic rings. The van der Waals surface area contributed by atoms with Crippen molar-refractivity contribution in [2.45, 2.75) is 53.1 Å². The molecule has 180 valence electrons. The summed E-state index contributed by atoms with van der Waals surface area (Å²) in [6.45, 7) is 7.32. The molecule has 8 heteroatoms. The maximum atomic E-state index is 13.0. The Labute approximate surface area is 202 Å². The van der Waals surface area contributed by atoms with Crippen molar-refractivity contribution in [3.05, 3.63) is 74.4 Å². The predicted octanol–water partition coefficient (Wildman–Crippen LogP) is 4.39. The number of nitrogens with zero attached hydrogens (tertiary/aromatic N) is 4. The molecule has 0 saturated carbocycles. The molecule has 2 aromatic carbocycles. The van der Waals surface area contributed by atoms with E-state index in [0.717, 1.165) is 35.6 Å². The average Bonchev–Trinajstić information content (AvgIpc) is 3.48. The molecular weight excluding hydrogens is 442 g/mol. The second-order valence-corrected chi connectivity index (χ2v) is 8.98. The molecule has 0 aliphatic carbocycles. The van der Waals surface area contributed by atoms with Crippen LogP contribution >= 0.6 is 0 Å². The zero-order valence-electron chi connectivity index (χ0n) is 20.3. The van der Waals surface area contributed by atoms with E-state index in [-0.39, 0.29) is 11.2 Å². The molecule has 0 atom stereocenters. The minimum absolute atomic E-state index is 0.305. The first-order valence-electron chi connectivity index (χ1n) is 12.1. The van der Waals surface area contributed by atoms with Gasteiger partial charge in [-0.15, -0.1) is 0 Å². The zero-order valence-corrected chi connectivity index (χ0v) is 20.3. The van der Waals surface area contributed by atoms with Crippen molar-refractivity contribution in [1.82, 2.24) is 19.1 Å². The van der Waals surface area contributed by atoms with Crippen LogP contribution in [0.3, 0.4) is 0 Å². The number of aryl methyl sites for hydroxylation is 2. The third kappa shape index (κ3) is 4.32. The second-order valence-electron chi connectivity index (χ2n) is 8.98. The van der Waals surface area contributed by atoms with Crippen LogP contribution in [0.15, 0.2) is 57.0 Å². The smallest absolute Gasteiger partial charge is 0.332 e. The number of aromatic amines is 1. The van der Waals surface area contributed by atoms with E-state index in [1.165, 1.54) is 15.7 Å². The number of aliphatic imine (C=N–C) groups is 1. The SMILES string of the molecule is CCCn1c(=O)c2[nH]c(-c3ccc(OCC4=Nc5cc(C)ccc5C4)cc3)nc2n(CCC)c1=O. The fourth-order valence-electron chi connectivity index (χ4n) is 4.47. The summed E-state index contributed by atoms with van der Waals surface area (Å²) < 4.78 is 8.85. The molecule has 35 heavy (non-hydrogen) atoms. The monoisotopic (exact) mass is 471 g/mol. The number of aromatic nitrogens is 4. The number of nitrogens with one attached hydrogen (secondary N) is 1. The Hall–Kier alpha value is -3.94. The third-order valence-electron chi connectivity index (χ3n) is 6.20. The lowest BCUT2D eigenvalue weighted by Crippen LogP contribution is -2.40. The number of fused-ring (bicyclic) bond motifs is 2. The second kappa shape index (κ2) is 9.37. The van der Waals surface area contributed by atoms with E-state index in [9.17, 15) is 9.59 Å². The van der Waals surface area contributed by atoms with Gasteiger partial charge in [-0.2, -0.15) is 0 Å². The Kier molecular flexibility index (Phi) is 6.11. The van der Waals surface area contributed by atoms with Crippen molar-refractivity contribution >= 4 is 22.6 Å². The first-order valence-corrected chi connectivity index (χ1v) is 12.1. The van der Waals surface area contributed by atoms with E-state index in [2.05, 4.69) is 35.1 Å². The highest BCUT2D eigenvalue weighted by Crippen LogP contribution is 2.28. The van der Waals surface area contributed by atoms with Crippen LogP contribution < -0.4 is 16.0 Å². The van der Waals surface area contributed by atoms with E-state index in [1.54, 1.807) is 4.57 Å². The molecule has 1 aliphatic rings. The van der Waals surface area contributed by atoms with Gasteiger partial charge < -0.3 is 9.72 Å². The van der Waals surface area contributed by atoms with Crippen molar-refractivity contribution in [2.75, 3.05) is 6.61 Å². The van der Waals surface area contributed by atoms with Gasteiger partial charge in [0.1, 0.15) is 23.7 Å². The quantitative estimate of drug-likeness (QED) is 0.412. The fourth-order valence-corrected chi connectivity index (χ4v) is 4.47. The molecule has 1 N–H and O–H groups in total. The number of hydrogen-bond donors (Lipinski definition) is 1. The summed E-state index contributed by atoms with van der Waals surface area (Å²) in [5.41, 5.74) is 5.40. The minimum Gasteiger partial charge on any atom is -0.488 e. The first kappa shape index (κ1) is 22.8. The van der Waals surface area contributed by atoms with Crippen LogP contribution in [-0.2, 0) is 19.5 Å². The zero-order chi connectivity index (χ0) is 24.5. The molecule has 2 aromatic heterocycles. The van der Waals surface area contributed by atoms with Crippen LogP contribution in [0, 0.1) is 6.92 Å². The van der Waals surface area contributed by atoms with E-state index in [1.807, 2.05) is 38.1 Å². The van der Waals surface area contributed by atoms with Crippen molar-refractivity contribution < 1.29 is 4.74 Å². The highest BCUT2D eigenvalue weighted by Gasteiger charge is 2.18. The molecule has 0 fully saturated rings. The molecular formula is C27H29N5O3. The number of H-pyrrole nitrogens is 1. The summed E-state index contributed by atoms with van der Waals surface area (Å²) in [5.74, 6) is 1.28. The molecule has 0 spiro atoms. The molecule has 0 bridgehead atoms. The van der Waals surface area contributed by atoms with E-state index in [4.69, 9.17) is 9.73 Å². The molecule has 1 aliphatic heterocycles. The molecule has 0 saturated heterocycles. The third-order valence-corrected chi connectivity index (χ3v) is 6.20. The van der Waals surface area contributed by atoms with Gasteiger partial charge in [-0.25, -0.2) is 9.78 Å². The van der Waals surface area contributed by atoms with E-state index >= 15 is 0 Å². The van der Waals surface area contributed by atoms with Crippen LogP contribution in [0.4, 0.5) is 5.69 Å². The molecule has 0 radical (unpaired) electrons. The van der Waals surface area contributed by atoms with E-state index in [0.29, 0.717) is 43.1 Å². The maximum Gasteiger partial charge on any atom is 0.332 e. The van der Waals surface area contributed by atoms with Crippen molar-refractivity contribution in [2.24, 2.45) is 4.99 Å². The number of rotatable bonds is 8. The van der Waals surface area contributed by atoms with Crippen molar-refractivity contribution in [3.8, 4) is 17.1 Å². The number of benzene rings is 2. The van der Waals surface area contributed by atoms with Gasteiger partial charge in [0.05, 0.1) is 11.4 Å². The first-order chi connectivity index (χ1) is 17.0. The standard InChI is InChI=1S/C27H29N5O3/c1-4-12-31-25-23(26(33)32(13-5-2)27(31)34)29-24(30-25)18-8-10-21(11-9-18)35-16-20-15-19-7-6-17(3)14-22(19)28-20/h6-11,14H,4-5,12-13,15-16H2,1-3H3,(H,29,30). The van der Waals surface area contributed by atoms with Gasteiger partial charge in [0.2, 0.25) is 0 Å². The lowest BCUT2D eigenvalue weighted by atomic mass is 10.1. The fraction of sp³-hybridized carbons (Fsp3) is 0.333. The maximum absolute atomic E-state index is 13.0. The Morgan fingerprint density at radius 2 is 1.74 bits per heavy atom. The van der Waals surface area contributed by atoms with Crippen LogP contribution in [0.1, 0.15) is 37.8 Å². The Morgan fingerprint density at radius 3 is 2.49 bits per heavy atom. The summed E-state index contributed by atoms with van der Waals surface area (Å²) in [6, 6.07) is 13.9. The normalized spacial score (nSPS) is 12.7. The lowest BCUT2D eigenvalue weighted by Gasteiger charge is -2.09. The van der Waals surface area contributed by atoms with Crippen LogP contribution in [0.25, 0.3) is 22.6 Å². The Morgan fingerprint density at radius 1 is 1.00 bits per heavy atom. The van der Waals surface area contributed by atoms with Crippen molar-refractivity contribution in [3.63, 3.8) is 0 Å². The van der Waals surface area contributed by atoms with Gasteiger partial charge >= 0.3 is 5.69 Å². The summed E-state index contributed by atoms with van der Waals surface area (Å²) in [6.07, 6.45) is 2.28. The summed E-state index contributed by atoms with van der Waals surface area (Å²) in [7, 11) is 0. The van der Waals surface area contributed by atoms with Gasteiger partial charge in [-0.3, -0.25) is 18.9 Å². The molecule has 8 nitrogen and oxygen atoms in total. The molecule has 0 amide bonds. The highest BCUT2D eigenvalue weighted by molar-refractivity contribution is 5.95. The molecule has 5 rings (SSSR count). The van der Waals surface area contributed by atoms with Crippen LogP contribution in [-0.4, -0.2) is 31.4 Å². The predicted molar refractivity (Wildman–Crippen MR) is 138 cm³/mol. The molecule has 0 unspecified atom stereocenters. The Bertz CT molecular complexity index is 1540. The van der Waals surface area contributed by atoms with Gasteiger partial charge in [0.25, 0.3) is 5.56 Å². The lowest BCUT2D eigenvalue weighted by molar-refractivity contribution is 0.375. The summed E-state index contributed by atoms with van der Waals surface area (Å²) >= 11 is 0. The van der Waals surface area contributed by atoms with Gasteiger partial charge in [-0.1, -0.05) is 26.0 Å². The van der Waals surface area contributed by atoms with Gasteiger partial charge in [0.15, 0.2) is 5.65 Å². The Balaban J connectivity index is 1.38. The average molecular weight is 472 g/mol. The molecule has 3 heterocycles. The largest absolute Gasteiger partial charge is 0.488 e. The van der Waals surface area contributed by atoms with Crippen LogP contribution in [0.2, 0.25) is 0 Å². The number of hydrogen-bond acceptors (Lipinski definition) is 5. The van der Waals surface area contributed by atoms with Crippen LogP contribution in [0.5, 0.6) is 5.75 Å². The summed E-state index contributed by atoms with van der Waals surface area (Å²) in [4.78, 5) is 38.3. The van der Waals surface area contributed by atoms with Gasteiger partial charge in [0, 0.05) is 25.1 Å². The van der Waals surface area contributed by atoms with E-state index < -0.39 is 0 Å². The highest BCUT2D eigenvalue weighted by atomic mass is 16.5. The van der Waals surface area contributed by atoms with Gasteiger partial charge in [-0.05, 0) is 61.2 Å². The number of imidazole rings is 1. The summed E-state index contributed by atoms with van der Waals surface area (Å²) in [5, 5.41) is 0. The minimum atomic E-state index is -0.327. The van der Waals surface area contributed by atoms with Crippen molar-refractivity contribution in [1.29, 1.82) is 0 Å². The topological polar surface area (TPSA) is 94.3 Å². The number of ether oxygens (including phenoxy) is 1.